The maximum absolute atomic E-state index is 5.29. The molecule has 0 aromatic carbocycles. The Kier molecular flexibility index (Phi) is 3.33. The second kappa shape index (κ2) is 4.75. The number of hydrogen-bond acceptors (Lipinski definition) is 3. The van der Waals surface area contributed by atoms with Gasteiger partial charge in [0.15, 0.2) is 0 Å². The van der Waals surface area contributed by atoms with E-state index >= 15 is 0 Å². The van der Waals surface area contributed by atoms with Gasteiger partial charge < -0.3 is 4.98 Å². The van der Waals surface area contributed by atoms with Gasteiger partial charge in [0, 0.05) is 29.2 Å². The molecule has 2 heterocycles. The fourth-order valence-electron chi connectivity index (χ4n) is 1.77. The van der Waals surface area contributed by atoms with Crippen molar-refractivity contribution in [2.45, 2.75) is 27.2 Å². The molecule has 0 amide bonds. The van der Waals surface area contributed by atoms with Gasteiger partial charge in [-0.25, -0.2) is 4.98 Å². The molecule has 2 aromatic heterocycles. The quantitative estimate of drug-likeness (QED) is 0.825. The summed E-state index contributed by atoms with van der Waals surface area (Å²) in [4.78, 5) is 11.9. The molecule has 0 radical (unpaired) electrons. The first-order valence-corrected chi connectivity index (χ1v) is 6.05. The van der Waals surface area contributed by atoms with E-state index in [9.17, 15) is 0 Å². The van der Waals surface area contributed by atoms with Crippen LogP contribution in [-0.2, 0) is 6.42 Å². The summed E-state index contributed by atoms with van der Waals surface area (Å²) in [7, 11) is 0. The third-order valence-corrected chi connectivity index (χ3v) is 3.30. The fourth-order valence-corrected chi connectivity index (χ4v) is 1.99. The van der Waals surface area contributed by atoms with Gasteiger partial charge in [-0.05, 0) is 31.9 Å². The van der Waals surface area contributed by atoms with E-state index in [0.29, 0.717) is 4.64 Å². The van der Waals surface area contributed by atoms with Gasteiger partial charge in [0.05, 0.1) is 0 Å². The number of hydrogen-bond donors (Lipinski definition) is 1. The number of rotatable bonds is 2. The van der Waals surface area contributed by atoms with E-state index in [1.165, 1.54) is 0 Å². The van der Waals surface area contributed by atoms with E-state index < -0.39 is 0 Å². The average molecular weight is 245 g/mol. The summed E-state index contributed by atoms with van der Waals surface area (Å²) in [5.74, 6) is 0.808. The topological polar surface area (TPSA) is 41.6 Å². The van der Waals surface area contributed by atoms with Crippen LogP contribution in [0.5, 0.6) is 0 Å². The smallest absolute Gasteiger partial charge is 0.140 e. The number of nitrogens with one attached hydrogen (secondary N) is 1. The van der Waals surface area contributed by atoms with E-state index in [4.69, 9.17) is 12.2 Å². The standard InChI is InChI=1S/C13H15N3S/c1-4-11-9(3)13(17)16-12(15-11)10-7-14-6-5-8(10)2/h5-7H,4H2,1-3H3,(H,15,16,17). The first-order chi connectivity index (χ1) is 8.13. The first-order valence-electron chi connectivity index (χ1n) is 5.64. The molecule has 17 heavy (non-hydrogen) atoms. The lowest BCUT2D eigenvalue weighted by Crippen LogP contribution is -2.00. The summed E-state index contributed by atoms with van der Waals surface area (Å²) < 4.78 is 0.666. The molecule has 0 aliphatic rings. The second-order valence-corrected chi connectivity index (χ2v) is 4.42. The Balaban J connectivity index is 2.66. The van der Waals surface area contributed by atoms with Crippen molar-refractivity contribution in [2.24, 2.45) is 0 Å². The molecular weight excluding hydrogens is 230 g/mol. The van der Waals surface area contributed by atoms with Crippen molar-refractivity contribution in [2.75, 3.05) is 0 Å². The van der Waals surface area contributed by atoms with E-state index in [1.54, 1.807) is 6.20 Å². The van der Waals surface area contributed by atoms with Crippen molar-refractivity contribution in [3.63, 3.8) is 0 Å². The minimum absolute atomic E-state index is 0.666. The summed E-state index contributed by atoms with van der Waals surface area (Å²) >= 11 is 5.29. The molecule has 2 rings (SSSR count). The highest BCUT2D eigenvalue weighted by Gasteiger charge is 2.07. The molecular formula is C13H15N3S. The Morgan fingerprint density at radius 2 is 2.12 bits per heavy atom. The zero-order valence-corrected chi connectivity index (χ0v) is 11.1. The average Bonchev–Trinajstić information content (AvgIpc) is 2.33. The molecule has 0 aliphatic heterocycles. The van der Waals surface area contributed by atoms with Gasteiger partial charge in [-0.15, -0.1) is 0 Å². The lowest BCUT2D eigenvalue weighted by atomic mass is 10.1. The van der Waals surface area contributed by atoms with Crippen LogP contribution in [0.3, 0.4) is 0 Å². The maximum Gasteiger partial charge on any atom is 0.140 e. The predicted molar refractivity (Wildman–Crippen MR) is 71.5 cm³/mol. The molecule has 2 aromatic rings. The number of nitrogens with zero attached hydrogens (tertiary/aromatic N) is 2. The number of aromatic nitrogens is 3. The Bertz CT molecular complexity index is 602. The van der Waals surface area contributed by atoms with Crippen molar-refractivity contribution in [1.29, 1.82) is 0 Å². The Labute approximate surface area is 106 Å². The number of pyridine rings is 1. The lowest BCUT2D eigenvalue weighted by molar-refractivity contribution is 0.966. The highest BCUT2D eigenvalue weighted by Crippen LogP contribution is 2.20. The fraction of sp³-hybridized carbons (Fsp3) is 0.308. The number of aryl methyl sites for hydroxylation is 2. The van der Waals surface area contributed by atoms with Gasteiger partial charge >= 0.3 is 0 Å². The third-order valence-electron chi connectivity index (χ3n) is 2.90. The van der Waals surface area contributed by atoms with Gasteiger partial charge in [-0.3, -0.25) is 4.98 Å². The van der Waals surface area contributed by atoms with Crippen LogP contribution in [0.25, 0.3) is 11.4 Å². The van der Waals surface area contributed by atoms with Gasteiger partial charge in [-0.1, -0.05) is 19.1 Å². The van der Waals surface area contributed by atoms with Crippen molar-refractivity contribution in [3.05, 3.63) is 39.9 Å². The summed E-state index contributed by atoms with van der Waals surface area (Å²) in [5, 5.41) is 0. The van der Waals surface area contributed by atoms with Crippen LogP contribution < -0.4 is 0 Å². The minimum Gasteiger partial charge on any atom is -0.343 e. The molecule has 0 saturated carbocycles. The van der Waals surface area contributed by atoms with Crippen molar-refractivity contribution in [1.82, 2.24) is 15.0 Å². The van der Waals surface area contributed by atoms with Crippen molar-refractivity contribution >= 4 is 12.2 Å². The zero-order chi connectivity index (χ0) is 12.4. The van der Waals surface area contributed by atoms with Gasteiger partial charge in [-0.2, -0.15) is 0 Å². The Morgan fingerprint density at radius 1 is 1.35 bits per heavy atom. The van der Waals surface area contributed by atoms with Crippen LogP contribution in [-0.4, -0.2) is 15.0 Å². The van der Waals surface area contributed by atoms with E-state index in [2.05, 4.69) is 21.9 Å². The van der Waals surface area contributed by atoms with Gasteiger partial charge in [0.2, 0.25) is 0 Å². The summed E-state index contributed by atoms with van der Waals surface area (Å²) in [6, 6.07) is 1.97. The third kappa shape index (κ3) is 2.26. The van der Waals surface area contributed by atoms with Crippen LogP contribution in [0, 0.1) is 18.5 Å². The first kappa shape index (κ1) is 11.9. The van der Waals surface area contributed by atoms with Crippen LogP contribution in [0.4, 0.5) is 0 Å². The Hall–Kier alpha value is -1.55. The van der Waals surface area contributed by atoms with Gasteiger partial charge in [0.25, 0.3) is 0 Å². The normalized spacial score (nSPS) is 10.5. The number of H-pyrrole nitrogens is 1. The summed E-state index contributed by atoms with van der Waals surface area (Å²) in [5.41, 5.74) is 4.36. The monoisotopic (exact) mass is 245 g/mol. The molecule has 88 valence electrons. The van der Waals surface area contributed by atoms with Crippen LogP contribution in [0.2, 0.25) is 0 Å². The SMILES string of the molecule is CCc1[nH]c(-c2cnccc2C)nc(=S)c1C. The van der Waals surface area contributed by atoms with Gasteiger partial charge in [0.1, 0.15) is 10.5 Å². The number of aromatic amines is 1. The molecule has 0 bridgehead atoms. The van der Waals surface area contributed by atoms with Crippen LogP contribution in [0.1, 0.15) is 23.7 Å². The molecule has 3 nitrogen and oxygen atoms in total. The molecule has 0 saturated heterocycles. The van der Waals surface area contributed by atoms with Crippen LogP contribution >= 0.6 is 12.2 Å². The van der Waals surface area contributed by atoms with E-state index in [0.717, 1.165) is 34.6 Å². The maximum atomic E-state index is 5.29. The Morgan fingerprint density at radius 3 is 2.76 bits per heavy atom. The zero-order valence-electron chi connectivity index (χ0n) is 10.2. The van der Waals surface area contributed by atoms with Crippen molar-refractivity contribution < 1.29 is 0 Å². The molecule has 1 N–H and O–H groups in total. The predicted octanol–water partition coefficient (Wildman–Crippen LogP) is 3.38. The second-order valence-electron chi connectivity index (χ2n) is 4.04. The molecule has 0 spiro atoms. The largest absolute Gasteiger partial charge is 0.343 e. The lowest BCUT2D eigenvalue weighted by Gasteiger charge is -2.09. The molecule has 0 fully saturated rings. The van der Waals surface area contributed by atoms with E-state index in [1.807, 2.05) is 26.1 Å². The van der Waals surface area contributed by atoms with E-state index in [-0.39, 0.29) is 0 Å². The molecule has 4 heteroatoms. The highest BCUT2D eigenvalue weighted by molar-refractivity contribution is 7.71. The van der Waals surface area contributed by atoms with Crippen molar-refractivity contribution in [3.8, 4) is 11.4 Å². The summed E-state index contributed by atoms with van der Waals surface area (Å²) in [6.07, 6.45) is 4.52. The summed E-state index contributed by atoms with van der Waals surface area (Å²) in [6.45, 7) is 6.15. The highest BCUT2D eigenvalue weighted by atomic mass is 32.1. The molecule has 0 unspecified atom stereocenters. The molecule has 0 atom stereocenters. The van der Waals surface area contributed by atoms with Crippen LogP contribution in [0.15, 0.2) is 18.5 Å². The molecule has 0 aliphatic carbocycles. The minimum atomic E-state index is 0.666.